The van der Waals surface area contributed by atoms with Crippen LogP contribution in [0.4, 0.5) is 5.95 Å². The third kappa shape index (κ3) is 2.71. The van der Waals surface area contributed by atoms with Gasteiger partial charge in [0.1, 0.15) is 0 Å². The van der Waals surface area contributed by atoms with E-state index in [2.05, 4.69) is 20.3 Å². The molecule has 3 aromatic heterocycles. The average molecular weight is 339 g/mol. The van der Waals surface area contributed by atoms with E-state index < -0.39 is 0 Å². The van der Waals surface area contributed by atoms with E-state index in [0.717, 1.165) is 35.3 Å². The van der Waals surface area contributed by atoms with Gasteiger partial charge in [0.05, 0.1) is 16.3 Å². The number of likely N-dealkylation sites (tertiary alicyclic amines) is 1. The molecule has 7 heteroatoms. The summed E-state index contributed by atoms with van der Waals surface area (Å²) >= 11 is 1.51. The lowest BCUT2D eigenvalue weighted by Crippen LogP contribution is -2.42. The van der Waals surface area contributed by atoms with E-state index in [-0.39, 0.29) is 11.9 Å². The summed E-state index contributed by atoms with van der Waals surface area (Å²) < 4.78 is 0.853. The molecular weight excluding hydrogens is 322 g/mol. The number of thiophene rings is 1. The second-order valence-electron chi connectivity index (χ2n) is 5.83. The van der Waals surface area contributed by atoms with Crippen LogP contribution < -0.4 is 5.32 Å². The third-order valence-corrected chi connectivity index (χ3v) is 5.09. The van der Waals surface area contributed by atoms with Crippen LogP contribution in [0.15, 0.2) is 36.0 Å². The molecule has 0 aromatic carbocycles. The highest BCUT2D eigenvalue weighted by Gasteiger charge is 2.26. The smallest absolute Gasteiger partial charge is 0.274 e. The largest absolute Gasteiger partial charge is 0.348 e. The van der Waals surface area contributed by atoms with Gasteiger partial charge >= 0.3 is 0 Å². The van der Waals surface area contributed by atoms with Crippen LogP contribution in [0.1, 0.15) is 35.4 Å². The van der Waals surface area contributed by atoms with Crippen molar-refractivity contribution in [3.05, 3.63) is 47.2 Å². The fraction of sp³-hybridized carbons (Fsp3) is 0.294. The van der Waals surface area contributed by atoms with Gasteiger partial charge in [-0.2, -0.15) is 0 Å². The van der Waals surface area contributed by atoms with Crippen molar-refractivity contribution in [2.75, 3.05) is 18.4 Å². The van der Waals surface area contributed by atoms with Crippen molar-refractivity contribution in [2.45, 2.75) is 19.4 Å². The van der Waals surface area contributed by atoms with Crippen LogP contribution in [0.5, 0.6) is 0 Å². The van der Waals surface area contributed by atoms with E-state index in [4.69, 9.17) is 0 Å². The van der Waals surface area contributed by atoms with Crippen LogP contribution in [0.3, 0.4) is 0 Å². The lowest BCUT2D eigenvalue weighted by atomic mass is 10.1. The summed E-state index contributed by atoms with van der Waals surface area (Å²) in [6, 6.07) is 5.82. The fourth-order valence-corrected chi connectivity index (χ4v) is 3.46. The van der Waals surface area contributed by atoms with E-state index in [9.17, 15) is 4.79 Å². The third-order valence-electron chi connectivity index (χ3n) is 4.18. The molecule has 4 rings (SSSR count). The highest BCUT2D eigenvalue weighted by atomic mass is 32.1. The number of carbonyl (C=O) groups excluding carboxylic acids is 1. The highest BCUT2D eigenvalue weighted by molar-refractivity contribution is 7.17. The molecule has 1 aliphatic rings. The molecule has 24 heavy (non-hydrogen) atoms. The molecule has 0 spiro atoms. The summed E-state index contributed by atoms with van der Waals surface area (Å²) in [7, 11) is 0. The number of carbonyl (C=O) groups is 1. The molecule has 1 fully saturated rings. The molecule has 1 aliphatic heterocycles. The maximum absolute atomic E-state index is 12.7. The molecule has 1 amide bonds. The van der Waals surface area contributed by atoms with Gasteiger partial charge in [-0.15, -0.1) is 11.3 Å². The number of hydrogen-bond acceptors (Lipinski definition) is 6. The number of rotatable bonds is 4. The first-order chi connectivity index (χ1) is 11.7. The number of nitrogens with one attached hydrogen (secondary N) is 1. The van der Waals surface area contributed by atoms with Crippen LogP contribution in [-0.2, 0) is 0 Å². The van der Waals surface area contributed by atoms with Gasteiger partial charge in [0.15, 0.2) is 5.69 Å². The minimum atomic E-state index is -0.00631. The van der Waals surface area contributed by atoms with Crippen LogP contribution in [0.25, 0.3) is 10.2 Å². The Morgan fingerprint density at radius 2 is 2.21 bits per heavy atom. The Kier molecular flexibility index (Phi) is 3.86. The van der Waals surface area contributed by atoms with Gasteiger partial charge in [-0.1, -0.05) is 6.07 Å². The topological polar surface area (TPSA) is 71.0 Å². The van der Waals surface area contributed by atoms with Gasteiger partial charge in [-0.05, 0) is 36.4 Å². The summed E-state index contributed by atoms with van der Waals surface area (Å²) in [5.41, 5.74) is 2.34. The Morgan fingerprint density at radius 3 is 2.92 bits per heavy atom. The Hall–Kier alpha value is -2.54. The molecule has 1 N–H and O–H groups in total. The molecule has 122 valence electrons. The molecule has 6 nitrogen and oxygen atoms in total. The Bertz CT molecular complexity index is 875. The molecule has 0 radical (unpaired) electrons. The highest BCUT2D eigenvalue weighted by Crippen LogP contribution is 2.27. The number of amides is 1. The summed E-state index contributed by atoms with van der Waals surface area (Å²) in [5, 5.41) is 5.23. The van der Waals surface area contributed by atoms with Gasteiger partial charge < -0.3 is 10.2 Å². The van der Waals surface area contributed by atoms with E-state index in [1.165, 1.54) is 11.3 Å². The quantitative estimate of drug-likeness (QED) is 0.791. The number of pyridine rings is 1. The van der Waals surface area contributed by atoms with E-state index in [1.807, 2.05) is 41.6 Å². The molecule has 3 aromatic rings. The summed E-state index contributed by atoms with van der Waals surface area (Å²) in [5.74, 6) is 0.467. The first kappa shape index (κ1) is 15.0. The molecule has 1 atom stereocenters. The first-order valence-corrected chi connectivity index (χ1v) is 8.81. The molecule has 4 heterocycles. The minimum Gasteiger partial charge on any atom is -0.348 e. The Labute approximate surface area is 143 Å². The lowest BCUT2D eigenvalue weighted by Gasteiger charge is -2.30. The van der Waals surface area contributed by atoms with Gasteiger partial charge in [0.25, 0.3) is 5.91 Å². The van der Waals surface area contributed by atoms with Crippen molar-refractivity contribution in [3.8, 4) is 0 Å². The monoisotopic (exact) mass is 339 g/mol. The number of fused-ring (bicyclic) bond motifs is 1. The van der Waals surface area contributed by atoms with Gasteiger partial charge in [0, 0.05) is 25.5 Å². The predicted molar refractivity (Wildman–Crippen MR) is 94.2 cm³/mol. The van der Waals surface area contributed by atoms with Crippen molar-refractivity contribution >= 4 is 33.4 Å². The van der Waals surface area contributed by atoms with Crippen molar-refractivity contribution in [1.29, 1.82) is 0 Å². The van der Waals surface area contributed by atoms with Crippen LogP contribution in [-0.4, -0.2) is 38.8 Å². The lowest BCUT2D eigenvalue weighted by molar-refractivity contribution is 0.0648. The minimum absolute atomic E-state index is 0.00162. The SMILES string of the molecule is C[C@H](Nc1nc(C(=O)N2CCC2)c2sccc2n1)c1cccnc1. The Morgan fingerprint density at radius 1 is 1.33 bits per heavy atom. The molecule has 0 unspecified atom stereocenters. The second-order valence-corrected chi connectivity index (χ2v) is 6.75. The zero-order chi connectivity index (χ0) is 16.5. The second kappa shape index (κ2) is 6.16. The standard InChI is InChI=1S/C17H17N5OS/c1-11(12-4-2-6-18-10-12)19-17-20-13-5-9-24-15(13)14(21-17)16(23)22-7-3-8-22/h2,4-6,9-11H,3,7-8H2,1H3,(H,19,20,21)/t11-/m0/s1. The number of anilines is 1. The van der Waals surface area contributed by atoms with Crippen molar-refractivity contribution in [2.24, 2.45) is 0 Å². The number of aromatic nitrogens is 3. The first-order valence-electron chi connectivity index (χ1n) is 7.93. The zero-order valence-corrected chi connectivity index (χ0v) is 14.1. The molecule has 1 saturated heterocycles. The summed E-state index contributed by atoms with van der Waals surface area (Å²) in [6.45, 7) is 3.64. The van der Waals surface area contributed by atoms with Crippen molar-refractivity contribution < 1.29 is 4.79 Å². The van der Waals surface area contributed by atoms with Gasteiger partial charge in [0.2, 0.25) is 5.95 Å². The number of hydrogen-bond donors (Lipinski definition) is 1. The maximum Gasteiger partial charge on any atom is 0.274 e. The van der Waals surface area contributed by atoms with Crippen LogP contribution >= 0.6 is 11.3 Å². The molecule has 0 bridgehead atoms. The van der Waals surface area contributed by atoms with E-state index in [1.54, 1.807) is 6.20 Å². The summed E-state index contributed by atoms with van der Waals surface area (Å²) in [6.07, 6.45) is 4.62. The molecular formula is C17H17N5OS. The predicted octanol–water partition coefficient (Wildman–Crippen LogP) is 3.11. The van der Waals surface area contributed by atoms with E-state index in [0.29, 0.717) is 11.6 Å². The van der Waals surface area contributed by atoms with Gasteiger partial charge in [-0.25, -0.2) is 9.97 Å². The van der Waals surface area contributed by atoms with Crippen LogP contribution in [0.2, 0.25) is 0 Å². The summed E-state index contributed by atoms with van der Waals surface area (Å²) in [4.78, 5) is 27.7. The average Bonchev–Trinajstić information content (AvgIpc) is 3.01. The fourth-order valence-electron chi connectivity index (χ4n) is 2.65. The van der Waals surface area contributed by atoms with Crippen molar-refractivity contribution in [3.63, 3.8) is 0 Å². The molecule has 0 aliphatic carbocycles. The Balaban J connectivity index is 1.67. The van der Waals surface area contributed by atoms with Crippen LogP contribution in [0, 0.1) is 0 Å². The van der Waals surface area contributed by atoms with E-state index >= 15 is 0 Å². The maximum atomic E-state index is 12.7. The van der Waals surface area contributed by atoms with Gasteiger partial charge in [-0.3, -0.25) is 9.78 Å². The molecule has 0 saturated carbocycles. The van der Waals surface area contributed by atoms with Crippen molar-refractivity contribution in [1.82, 2.24) is 19.9 Å². The number of nitrogens with zero attached hydrogens (tertiary/aromatic N) is 4. The normalized spacial score (nSPS) is 15.1. The zero-order valence-electron chi connectivity index (χ0n) is 13.3.